The molecular weight excluding hydrogens is 463 g/mol. The Hall–Kier alpha value is -3.60. The topological polar surface area (TPSA) is 99.3 Å². The van der Waals surface area contributed by atoms with E-state index >= 15 is 0 Å². The highest BCUT2D eigenvalue weighted by Crippen LogP contribution is 2.32. The van der Waals surface area contributed by atoms with E-state index in [9.17, 15) is 9.50 Å². The Labute approximate surface area is 208 Å². The lowest BCUT2D eigenvalue weighted by molar-refractivity contribution is 0.0510. The molecule has 1 aliphatic rings. The van der Waals surface area contributed by atoms with Gasteiger partial charge in [-0.05, 0) is 49.2 Å². The summed E-state index contributed by atoms with van der Waals surface area (Å²) >= 11 is 0. The van der Waals surface area contributed by atoms with Crippen LogP contribution in [0.1, 0.15) is 28.7 Å². The average Bonchev–Trinajstić information content (AvgIpc) is 3.44. The zero-order valence-corrected chi connectivity index (χ0v) is 20.5. The van der Waals surface area contributed by atoms with Crippen molar-refractivity contribution in [3.05, 3.63) is 77.0 Å². The number of aliphatic hydroxyl groups excluding tert-OH is 1. The molecule has 2 atom stereocenters. The molecule has 0 amide bonds. The maximum absolute atomic E-state index is 13.5. The van der Waals surface area contributed by atoms with Crippen molar-refractivity contribution in [2.45, 2.75) is 39.1 Å². The molecule has 0 saturated heterocycles. The van der Waals surface area contributed by atoms with E-state index in [0.29, 0.717) is 31.5 Å². The van der Waals surface area contributed by atoms with Crippen molar-refractivity contribution in [1.29, 1.82) is 0 Å². The van der Waals surface area contributed by atoms with Gasteiger partial charge in [-0.2, -0.15) is 5.10 Å². The summed E-state index contributed by atoms with van der Waals surface area (Å²) in [5, 5.41) is 26.9. The largest absolute Gasteiger partial charge is 0.389 e. The number of nitrogens with zero attached hydrogens (tertiary/aromatic N) is 5. The number of rotatable bonds is 8. The first-order valence-electron chi connectivity index (χ1n) is 11.8. The minimum absolute atomic E-state index is 0.174. The molecule has 4 aromatic rings. The number of nitrogens with one attached hydrogen (secondary N) is 1. The normalized spacial score (nSPS) is 16.1. The lowest BCUT2D eigenvalue weighted by Crippen LogP contribution is -2.25. The lowest BCUT2D eigenvalue weighted by atomic mass is 10.1. The molecule has 188 valence electrons. The standard InChI is InChI=1S/C26H29FN6O3/c1-16-4-5-19(23-10-17(2)32(31-23)12-21(34)13-35-3)11-22(16)28-26-30-29-25-15-36-14-24(33(25)26)18-6-8-20(27)9-7-18/h4-11,21,24,34H,12-15H2,1-3H3,(H,28,30)/t21-,24+/m1/s1. The van der Waals surface area contributed by atoms with Gasteiger partial charge in [0.15, 0.2) is 5.82 Å². The van der Waals surface area contributed by atoms with Crippen LogP contribution in [0.2, 0.25) is 0 Å². The van der Waals surface area contributed by atoms with Gasteiger partial charge in [0.1, 0.15) is 12.4 Å². The number of hydrogen-bond acceptors (Lipinski definition) is 7. The monoisotopic (exact) mass is 492 g/mol. The van der Waals surface area contributed by atoms with Gasteiger partial charge in [-0.25, -0.2) is 4.39 Å². The van der Waals surface area contributed by atoms with Gasteiger partial charge in [0.2, 0.25) is 5.95 Å². The van der Waals surface area contributed by atoms with Crippen LogP contribution in [0.5, 0.6) is 0 Å². The molecule has 0 saturated carbocycles. The SMILES string of the molecule is COC[C@H](O)Cn1nc(-c2ccc(C)c(Nc3nnc4n3[C@H](c3ccc(F)cc3)COC4)c2)cc1C. The number of fused-ring (bicyclic) bond motifs is 1. The predicted molar refractivity (Wildman–Crippen MR) is 133 cm³/mol. The number of aliphatic hydroxyl groups is 1. The van der Waals surface area contributed by atoms with Crippen molar-refractivity contribution >= 4 is 11.6 Å². The molecule has 0 bridgehead atoms. The summed E-state index contributed by atoms with van der Waals surface area (Å²) in [7, 11) is 1.56. The molecule has 0 aliphatic carbocycles. The highest BCUT2D eigenvalue weighted by Gasteiger charge is 2.27. The molecule has 36 heavy (non-hydrogen) atoms. The van der Waals surface area contributed by atoms with E-state index in [1.807, 2.05) is 42.7 Å². The molecule has 9 nitrogen and oxygen atoms in total. The first kappa shape index (κ1) is 24.1. The van der Waals surface area contributed by atoms with E-state index in [1.54, 1.807) is 23.9 Å². The fourth-order valence-electron chi connectivity index (χ4n) is 4.42. The van der Waals surface area contributed by atoms with Gasteiger partial charge >= 0.3 is 0 Å². The summed E-state index contributed by atoms with van der Waals surface area (Å²) < 4.78 is 28.1. The zero-order valence-electron chi connectivity index (χ0n) is 20.5. The van der Waals surface area contributed by atoms with Crippen LogP contribution in [-0.2, 0) is 22.6 Å². The summed E-state index contributed by atoms with van der Waals surface area (Å²) in [6, 6.07) is 14.3. The summed E-state index contributed by atoms with van der Waals surface area (Å²) in [6.07, 6.45) is -0.631. The molecule has 0 radical (unpaired) electrons. The molecule has 0 unspecified atom stereocenters. The number of aryl methyl sites for hydroxylation is 2. The van der Waals surface area contributed by atoms with E-state index in [1.165, 1.54) is 12.1 Å². The van der Waals surface area contributed by atoms with Crippen LogP contribution < -0.4 is 5.32 Å². The number of anilines is 2. The van der Waals surface area contributed by atoms with Crippen molar-refractivity contribution in [2.75, 3.05) is 25.6 Å². The number of ether oxygens (including phenoxy) is 2. The third-order valence-electron chi connectivity index (χ3n) is 6.34. The van der Waals surface area contributed by atoms with E-state index in [0.717, 1.165) is 33.8 Å². The van der Waals surface area contributed by atoms with Gasteiger partial charge in [-0.3, -0.25) is 9.25 Å². The number of methoxy groups -OCH3 is 1. The van der Waals surface area contributed by atoms with Gasteiger partial charge in [0.05, 0.1) is 37.6 Å². The first-order valence-corrected chi connectivity index (χ1v) is 11.8. The Morgan fingerprint density at radius 2 is 1.97 bits per heavy atom. The van der Waals surface area contributed by atoms with Crippen molar-refractivity contribution in [2.24, 2.45) is 0 Å². The van der Waals surface area contributed by atoms with E-state index < -0.39 is 6.10 Å². The van der Waals surface area contributed by atoms with Crippen LogP contribution in [0.4, 0.5) is 16.0 Å². The molecule has 2 aromatic carbocycles. The van der Waals surface area contributed by atoms with Gasteiger partial charge in [0, 0.05) is 24.1 Å². The Morgan fingerprint density at radius 3 is 2.75 bits per heavy atom. The third kappa shape index (κ3) is 4.88. The minimum Gasteiger partial charge on any atom is -0.389 e. The van der Waals surface area contributed by atoms with Gasteiger partial charge < -0.3 is 19.9 Å². The molecular formula is C26H29FN6O3. The molecule has 10 heteroatoms. The quantitative estimate of drug-likeness (QED) is 0.386. The molecule has 3 heterocycles. The molecule has 2 N–H and O–H groups in total. The second kappa shape index (κ2) is 10.2. The fraction of sp³-hybridized carbons (Fsp3) is 0.346. The Kier molecular flexibility index (Phi) is 6.82. The number of benzene rings is 2. The summed E-state index contributed by atoms with van der Waals surface area (Å²) in [6.45, 7) is 5.39. The molecule has 0 spiro atoms. The smallest absolute Gasteiger partial charge is 0.229 e. The van der Waals surface area contributed by atoms with Crippen LogP contribution in [0.25, 0.3) is 11.3 Å². The average molecular weight is 493 g/mol. The van der Waals surface area contributed by atoms with Crippen molar-refractivity contribution in [3.63, 3.8) is 0 Å². The minimum atomic E-state index is -0.631. The van der Waals surface area contributed by atoms with Gasteiger partial charge in [-0.15, -0.1) is 10.2 Å². The molecule has 0 fully saturated rings. The van der Waals surface area contributed by atoms with E-state index in [2.05, 4.69) is 15.5 Å². The Bertz CT molecular complexity index is 1350. The van der Waals surface area contributed by atoms with E-state index in [-0.39, 0.29) is 18.5 Å². The van der Waals surface area contributed by atoms with Crippen molar-refractivity contribution in [3.8, 4) is 11.3 Å². The predicted octanol–water partition coefficient (Wildman–Crippen LogP) is 3.77. The molecule has 5 rings (SSSR count). The fourth-order valence-corrected chi connectivity index (χ4v) is 4.42. The summed E-state index contributed by atoms with van der Waals surface area (Å²) in [4.78, 5) is 0. The highest BCUT2D eigenvalue weighted by atomic mass is 19.1. The van der Waals surface area contributed by atoms with Gasteiger partial charge in [0.25, 0.3) is 0 Å². The highest BCUT2D eigenvalue weighted by molar-refractivity contribution is 5.70. The second-order valence-corrected chi connectivity index (χ2v) is 9.01. The number of hydrogen-bond donors (Lipinski definition) is 2. The molecule has 1 aliphatic heterocycles. The third-order valence-corrected chi connectivity index (χ3v) is 6.34. The van der Waals surface area contributed by atoms with Crippen molar-refractivity contribution in [1.82, 2.24) is 24.5 Å². The van der Waals surface area contributed by atoms with E-state index in [4.69, 9.17) is 14.6 Å². The maximum atomic E-state index is 13.5. The van der Waals surface area contributed by atoms with Crippen LogP contribution >= 0.6 is 0 Å². The first-order chi connectivity index (χ1) is 17.4. The van der Waals surface area contributed by atoms with Crippen LogP contribution in [0.3, 0.4) is 0 Å². The number of halogens is 1. The summed E-state index contributed by atoms with van der Waals surface area (Å²) in [5.74, 6) is 1.01. The number of aromatic nitrogens is 5. The summed E-state index contributed by atoms with van der Waals surface area (Å²) in [5.41, 5.74) is 5.52. The Balaban J connectivity index is 1.43. The van der Waals surface area contributed by atoms with Crippen LogP contribution in [0, 0.1) is 19.7 Å². The lowest BCUT2D eigenvalue weighted by Gasteiger charge is -2.27. The second-order valence-electron chi connectivity index (χ2n) is 9.01. The van der Waals surface area contributed by atoms with Crippen molar-refractivity contribution < 1.29 is 19.0 Å². The maximum Gasteiger partial charge on any atom is 0.229 e. The Morgan fingerprint density at radius 1 is 1.17 bits per heavy atom. The van der Waals surface area contributed by atoms with Crippen LogP contribution in [0.15, 0.2) is 48.5 Å². The van der Waals surface area contributed by atoms with Crippen LogP contribution in [-0.4, -0.2) is 56.1 Å². The van der Waals surface area contributed by atoms with Gasteiger partial charge in [-0.1, -0.05) is 24.3 Å². The zero-order chi connectivity index (χ0) is 25.2. The molecule has 2 aromatic heterocycles.